The lowest BCUT2D eigenvalue weighted by Crippen LogP contribution is -2.42. The van der Waals surface area contributed by atoms with Gasteiger partial charge in [-0.1, -0.05) is 31.4 Å². The van der Waals surface area contributed by atoms with Gasteiger partial charge in [-0.25, -0.2) is 0 Å². The number of carbonyl (C=O) groups excluding carboxylic acids is 1. The number of nitrogens with two attached hydrogens (primary N) is 1. The van der Waals surface area contributed by atoms with Crippen LogP contribution in [0.15, 0.2) is 24.3 Å². The Hall–Kier alpha value is -1.55. The van der Waals surface area contributed by atoms with E-state index in [1.807, 2.05) is 31.2 Å². The molecule has 0 saturated heterocycles. The van der Waals surface area contributed by atoms with E-state index in [4.69, 9.17) is 10.5 Å². The highest BCUT2D eigenvalue weighted by molar-refractivity contribution is 5.79. The fourth-order valence-electron chi connectivity index (χ4n) is 2.96. The number of nitrogens with one attached hydrogen (secondary N) is 1. The van der Waals surface area contributed by atoms with Gasteiger partial charge in [0.15, 0.2) is 0 Å². The van der Waals surface area contributed by atoms with E-state index in [9.17, 15) is 4.79 Å². The van der Waals surface area contributed by atoms with Gasteiger partial charge in [-0.2, -0.15) is 0 Å². The van der Waals surface area contributed by atoms with Crippen LogP contribution in [0.4, 0.5) is 0 Å². The Labute approximate surface area is 127 Å². The zero-order valence-corrected chi connectivity index (χ0v) is 13.0. The fraction of sp³-hybridized carbons (Fsp3) is 0.588. The third kappa shape index (κ3) is 4.21. The molecule has 1 saturated carbocycles. The summed E-state index contributed by atoms with van der Waals surface area (Å²) in [6, 6.07) is 7.77. The van der Waals surface area contributed by atoms with E-state index in [-0.39, 0.29) is 23.9 Å². The molecule has 1 amide bonds. The maximum Gasteiger partial charge on any atom is 0.225 e. The molecule has 1 aliphatic carbocycles. The Morgan fingerprint density at radius 3 is 2.57 bits per heavy atom. The predicted molar refractivity (Wildman–Crippen MR) is 84.1 cm³/mol. The summed E-state index contributed by atoms with van der Waals surface area (Å²) in [5, 5.41) is 3.10. The van der Waals surface area contributed by atoms with Gasteiger partial charge in [0.2, 0.25) is 5.91 Å². The minimum atomic E-state index is -0.0480. The second kappa shape index (κ2) is 7.46. The molecule has 4 heteroatoms. The first kappa shape index (κ1) is 15.8. The molecule has 1 fully saturated rings. The van der Waals surface area contributed by atoms with Crippen LogP contribution in [0, 0.1) is 5.92 Å². The molecule has 3 atom stereocenters. The molecule has 0 heterocycles. The molecule has 1 aliphatic rings. The molecule has 116 valence electrons. The first-order valence-electron chi connectivity index (χ1n) is 7.81. The Kier molecular flexibility index (Phi) is 5.62. The lowest BCUT2D eigenvalue weighted by Gasteiger charge is -2.23. The average molecular weight is 290 g/mol. The molecule has 2 rings (SSSR count). The summed E-state index contributed by atoms with van der Waals surface area (Å²) in [6.45, 7) is 2.00. The van der Waals surface area contributed by atoms with Crippen LogP contribution in [0.25, 0.3) is 0 Å². The van der Waals surface area contributed by atoms with E-state index >= 15 is 0 Å². The number of ether oxygens (including phenoxy) is 1. The maximum absolute atomic E-state index is 12.5. The number of hydrogen-bond donors (Lipinski definition) is 2. The summed E-state index contributed by atoms with van der Waals surface area (Å²) < 4.78 is 5.15. The van der Waals surface area contributed by atoms with Crippen LogP contribution in [-0.2, 0) is 4.79 Å². The molecule has 3 N–H and O–H groups in total. The van der Waals surface area contributed by atoms with E-state index in [2.05, 4.69) is 5.32 Å². The van der Waals surface area contributed by atoms with Crippen molar-refractivity contribution in [3.8, 4) is 5.75 Å². The van der Waals surface area contributed by atoms with Crippen molar-refractivity contribution in [2.75, 3.05) is 7.11 Å². The van der Waals surface area contributed by atoms with Gasteiger partial charge in [-0.05, 0) is 37.5 Å². The van der Waals surface area contributed by atoms with Gasteiger partial charge in [0.25, 0.3) is 0 Å². The first-order chi connectivity index (χ1) is 10.1. The third-order valence-electron chi connectivity index (χ3n) is 4.38. The van der Waals surface area contributed by atoms with E-state index in [1.165, 1.54) is 6.42 Å². The number of benzene rings is 1. The monoisotopic (exact) mass is 290 g/mol. The van der Waals surface area contributed by atoms with Crippen LogP contribution in [0.1, 0.15) is 50.6 Å². The maximum atomic E-state index is 12.5. The van der Waals surface area contributed by atoms with Crippen LogP contribution in [-0.4, -0.2) is 19.1 Å². The van der Waals surface area contributed by atoms with E-state index in [1.54, 1.807) is 7.11 Å². The van der Waals surface area contributed by atoms with Gasteiger partial charge in [-0.15, -0.1) is 0 Å². The van der Waals surface area contributed by atoms with E-state index in [0.29, 0.717) is 0 Å². The zero-order valence-electron chi connectivity index (χ0n) is 13.0. The quantitative estimate of drug-likeness (QED) is 0.838. The van der Waals surface area contributed by atoms with Crippen LogP contribution in [0.5, 0.6) is 5.75 Å². The Bertz CT molecular complexity index is 458. The summed E-state index contributed by atoms with van der Waals surface area (Å²) in [4.78, 5) is 12.5. The standard InChI is InChI=1S/C17H26N2O2/c1-12(13-8-10-14(21-2)11-9-13)19-17(20)15-6-4-3-5-7-16(15)18/h8-12,15-16H,3-7,18H2,1-2H3,(H,19,20)/t12-,15?,16?/m0/s1. The summed E-state index contributed by atoms with van der Waals surface area (Å²) in [6.07, 6.45) is 5.28. The number of carbonyl (C=O) groups is 1. The van der Waals surface area contributed by atoms with Crippen molar-refractivity contribution in [1.29, 1.82) is 0 Å². The second-order valence-electron chi connectivity index (χ2n) is 5.91. The van der Waals surface area contributed by atoms with Crippen LogP contribution >= 0.6 is 0 Å². The van der Waals surface area contributed by atoms with Crippen molar-refractivity contribution in [3.63, 3.8) is 0 Å². The topological polar surface area (TPSA) is 64.3 Å². The third-order valence-corrected chi connectivity index (χ3v) is 4.38. The fourth-order valence-corrected chi connectivity index (χ4v) is 2.96. The van der Waals surface area contributed by atoms with Gasteiger partial charge in [0.05, 0.1) is 19.1 Å². The molecule has 21 heavy (non-hydrogen) atoms. The summed E-state index contributed by atoms with van der Waals surface area (Å²) >= 11 is 0. The van der Waals surface area contributed by atoms with E-state index in [0.717, 1.165) is 37.0 Å². The lowest BCUT2D eigenvalue weighted by atomic mass is 9.94. The second-order valence-corrected chi connectivity index (χ2v) is 5.91. The van der Waals surface area contributed by atoms with Crippen LogP contribution < -0.4 is 15.8 Å². The van der Waals surface area contributed by atoms with Crippen molar-refractivity contribution in [2.45, 2.75) is 51.1 Å². The molecular weight excluding hydrogens is 264 g/mol. The minimum Gasteiger partial charge on any atom is -0.497 e. The molecule has 0 bridgehead atoms. The smallest absolute Gasteiger partial charge is 0.225 e. The Balaban J connectivity index is 1.96. The molecular formula is C17H26N2O2. The number of amides is 1. The number of rotatable bonds is 4. The molecule has 1 aromatic carbocycles. The molecule has 0 radical (unpaired) electrons. The summed E-state index contributed by atoms with van der Waals surface area (Å²) in [5.74, 6) is 0.865. The first-order valence-corrected chi connectivity index (χ1v) is 7.81. The van der Waals surface area contributed by atoms with Crippen LogP contribution in [0.3, 0.4) is 0 Å². The average Bonchev–Trinajstić information content (AvgIpc) is 2.71. The van der Waals surface area contributed by atoms with Gasteiger partial charge in [-0.3, -0.25) is 4.79 Å². The highest BCUT2D eigenvalue weighted by Gasteiger charge is 2.27. The molecule has 1 aromatic rings. The summed E-state index contributed by atoms with van der Waals surface area (Å²) in [5.41, 5.74) is 7.23. The highest BCUT2D eigenvalue weighted by atomic mass is 16.5. The molecule has 0 aliphatic heterocycles. The number of methoxy groups -OCH3 is 1. The Morgan fingerprint density at radius 2 is 1.90 bits per heavy atom. The van der Waals surface area contributed by atoms with Crippen LogP contribution in [0.2, 0.25) is 0 Å². The minimum absolute atomic E-state index is 0.00410. The van der Waals surface area contributed by atoms with Gasteiger partial charge >= 0.3 is 0 Å². The predicted octanol–water partition coefficient (Wildman–Crippen LogP) is 2.78. The normalized spacial score (nSPS) is 24.0. The number of hydrogen-bond acceptors (Lipinski definition) is 3. The van der Waals surface area contributed by atoms with Crippen molar-refractivity contribution < 1.29 is 9.53 Å². The van der Waals surface area contributed by atoms with Gasteiger partial charge < -0.3 is 15.8 Å². The Morgan fingerprint density at radius 1 is 1.24 bits per heavy atom. The zero-order chi connectivity index (χ0) is 15.2. The van der Waals surface area contributed by atoms with Gasteiger partial charge in [0, 0.05) is 6.04 Å². The largest absolute Gasteiger partial charge is 0.497 e. The van der Waals surface area contributed by atoms with Crippen molar-refractivity contribution in [1.82, 2.24) is 5.32 Å². The molecule has 4 nitrogen and oxygen atoms in total. The van der Waals surface area contributed by atoms with E-state index < -0.39 is 0 Å². The molecule has 0 aromatic heterocycles. The van der Waals surface area contributed by atoms with Crippen molar-refractivity contribution in [2.24, 2.45) is 11.7 Å². The lowest BCUT2D eigenvalue weighted by molar-refractivity contribution is -0.126. The molecule has 0 spiro atoms. The SMILES string of the molecule is COc1ccc([C@H](C)NC(=O)C2CCCCCC2N)cc1. The highest BCUT2D eigenvalue weighted by Crippen LogP contribution is 2.24. The van der Waals surface area contributed by atoms with Crippen molar-refractivity contribution >= 4 is 5.91 Å². The summed E-state index contributed by atoms with van der Waals surface area (Å²) in [7, 11) is 1.65. The van der Waals surface area contributed by atoms with Gasteiger partial charge in [0.1, 0.15) is 5.75 Å². The molecule has 2 unspecified atom stereocenters. The van der Waals surface area contributed by atoms with Crippen molar-refractivity contribution in [3.05, 3.63) is 29.8 Å².